The SMILES string of the molecule is NC=C1CCC(O)CC1. The highest BCUT2D eigenvalue weighted by Crippen LogP contribution is 2.21. The van der Waals surface area contributed by atoms with E-state index >= 15 is 0 Å². The van der Waals surface area contributed by atoms with E-state index in [1.807, 2.05) is 0 Å². The molecule has 0 amide bonds. The molecule has 0 radical (unpaired) electrons. The molecule has 1 aliphatic rings. The maximum atomic E-state index is 9.05. The molecule has 0 bridgehead atoms. The molecule has 0 heterocycles. The average molecular weight is 127 g/mol. The molecule has 0 saturated heterocycles. The van der Waals surface area contributed by atoms with Crippen LogP contribution in [0, 0.1) is 0 Å². The summed E-state index contributed by atoms with van der Waals surface area (Å²) in [7, 11) is 0. The number of nitrogens with two attached hydrogens (primary N) is 1. The molecule has 3 N–H and O–H groups in total. The van der Waals surface area contributed by atoms with Crippen molar-refractivity contribution in [2.75, 3.05) is 0 Å². The zero-order valence-corrected chi connectivity index (χ0v) is 5.51. The lowest BCUT2D eigenvalue weighted by atomic mass is 9.93. The predicted molar refractivity (Wildman–Crippen MR) is 36.7 cm³/mol. The van der Waals surface area contributed by atoms with E-state index in [1.165, 1.54) is 5.57 Å². The topological polar surface area (TPSA) is 46.2 Å². The first kappa shape index (κ1) is 6.62. The lowest BCUT2D eigenvalue weighted by molar-refractivity contribution is 0.143. The Balaban J connectivity index is 2.35. The quantitative estimate of drug-likeness (QED) is 0.504. The third kappa shape index (κ3) is 1.72. The Hall–Kier alpha value is -0.500. The van der Waals surface area contributed by atoms with Crippen molar-refractivity contribution in [3.63, 3.8) is 0 Å². The summed E-state index contributed by atoms with van der Waals surface area (Å²) in [4.78, 5) is 0. The Labute approximate surface area is 55.4 Å². The van der Waals surface area contributed by atoms with Crippen LogP contribution in [0.5, 0.6) is 0 Å². The summed E-state index contributed by atoms with van der Waals surface area (Å²) in [6, 6.07) is 0. The van der Waals surface area contributed by atoms with E-state index in [9.17, 15) is 0 Å². The Morgan fingerprint density at radius 3 is 2.44 bits per heavy atom. The van der Waals surface area contributed by atoms with Gasteiger partial charge in [-0.25, -0.2) is 0 Å². The average Bonchev–Trinajstić information content (AvgIpc) is 1.90. The Morgan fingerprint density at radius 1 is 1.44 bits per heavy atom. The molecule has 1 fully saturated rings. The van der Waals surface area contributed by atoms with Crippen LogP contribution >= 0.6 is 0 Å². The lowest BCUT2D eigenvalue weighted by Crippen LogP contribution is -2.12. The van der Waals surface area contributed by atoms with E-state index in [2.05, 4.69) is 0 Å². The van der Waals surface area contributed by atoms with Crippen molar-refractivity contribution in [1.82, 2.24) is 0 Å². The summed E-state index contributed by atoms with van der Waals surface area (Å²) < 4.78 is 0. The van der Waals surface area contributed by atoms with E-state index < -0.39 is 0 Å². The molecule has 1 aliphatic carbocycles. The van der Waals surface area contributed by atoms with Crippen LogP contribution in [0.25, 0.3) is 0 Å². The van der Waals surface area contributed by atoms with E-state index in [0.29, 0.717) is 0 Å². The minimum Gasteiger partial charge on any atom is -0.405 e. The second kappa shape index (κ2) is 2.87. The first-order valence-electron chi connectivity index (χ1n) is 3.40. The fourth-order valence-corrected chi connectivity index (χ4v) is 1.14. The molecule has 2 nitrogen and oxygen atoms in total. The van der Waals surface area contributed by atoms with Crippen LogP contribution < -0.4 is 5.73 Å². The van der Waals surface area contributed by atoms with Gasteiger partial charge in [0, 0.05) is 0 Å². The van der Waals surface area contributed by atoms with E-state index in [4.69, 9.17) is 10.8 Å². The molecule has 0 spiro atoms. The van der Waals surface area contributed by atoms with Crippen LogP contribution in [0.4, 0.5) is 0 Å². The van der Waals surface area contributed by atoms with Crippen LogP contribution in [0.2, 0.25) is 0 Å². The van der Waals surface area contributed by atoms with Crippen molar-refractivity contribution in [3.05, 3.63) is 11.8 Å². The first-order chi connectivity index (χ1) is 4.33. The third-order valence-corrected chi connectivity index (χ3v) is 1.83. The first-order valence-corrected chi connectivity index (χ1v) is 3.40. The molecule has 1 rings (SSSR count). The van der Waals surface area contributed by atoms with Crippen molar-refractivity contribution in [1.29, 1.82) is 0 Å². The van der Waals surface area contributed by atoms with Gasteiger partial charge >= 0.3 is 0 Å². The zero-order valence-electron chi connectivity index (χ0n) is 5.51. The van der Waals surface area contributed by atoms with Gasteiger partial charge in [0.2, 0.25) is 0 Å². The molecular formula is C7H13NO. The van der Waals surface area contributed by atoms with Crippen molar-refractivity contribution in [2.45, 2.75) is 31.8 Å². The van der Waals surface area contributed by atoms with Gasteiger partial charge in [0.05, 0.1) is 6.10 Å². The molecule has 0 aromatic heterocycles. The molecule has 0 unspecified atom stereocenters. The summed E-state index contributed by atoms with van der Waals surface area (Å²) in [5, 5.41) is 9.05. The van der Waals surface area contributed by atoms with Crippen molar-refractivity contribution < 1.29 is 5.11 Å². The minimum absolute atomic E-state index is 0.0753. The van der Waals surface area contributed by atoms with E-state index in [1.54, 1.807) is 6.20 Å². The van der Waals surface area contributed by atoms with Crippen molar-refractivity contribution >= 4 is 0 Å². The van der Waals surface area contributed by atoms with Gasteiger partial charge in [-0.1, -0.05) is 5.57 Å². The number of hydrogen-bond donors (Lipinski definition) is 2. The molecule has 0 aliphatic heterocycles. The highest BCUT2D eigenvalue weighted by molar-refractivity contribution is 5.02. The van der Waals surface area contributed by atoms with Crippen molar-refractivity contribution in [2.24, 2.45) is 5.73 Å². The second-order valence-electron chi connectivity index (χ2n) is 2.56. The molecular weight excluding hydrogens is 114 g/mol. The Bertz CT molecular complexity index is 110. The smallest absolute Gasteiger partial charge is 0.0546 e. The van der Waals surface area contributed by atoms with Crippen molar-refractivity contribution in [3.8, 4) is 0 Å². The van der Waals surface area contributed by atoms with Gasteiger partial charge in [0.1, 0.15) is 0 Å². The van der Waals surface area contributed by atoms with Crippen LogP contribution in [-0.4, -0.2) is 11.2 Å². The third-order valence-electron chi connectivity index (χ3n) is 1.83. The van der Waals surface area contributed by atoms with Gasteiger partial charge in [-0.05, 0) is 31.9 Å². The summed E-state index contributed by atoms with van der Waals surface area (Å²) in [5.74, 6) is 0. The van der Waals surface area contributed by atoms with Crippen LogP contribution in [0.3, 0.4) is 0 Å². The van der Waals surface area contributed by atoms with Gasteiger partial charge in [-0.3, -0.25) is 0 Å². The molecule has 0 aromatic rings. The maximum absolute atomic E-state index is 9.05. The molecule has 52 valence electrons. The molecule has 0 atom stereocenters. The fraction of sp³-hybridized carbons (Fsp3) is 0.714. The predicted octanol–water partition coefficient (Wildman–Crippen LogP) is 0.764. The van der Waals surface area contributed by atoms with Crippen LogP contribution in [0.1, 0.15) is 25.7 Å². The van der Waals surface area contributed by atoms with Gasteiger partial charge in [-0.15, -0.1) is 0 Å². The number of rotatable bonds is 0. The normalized spacial score (nSPS) is 28.1. The standard InChI is InChI=1S/C7H13NO/c8-5-6-1-3-7(9)4-2-6/h5,7,9H,1-4,8H2. The lowest BCUT2D eigenvalue weighted by Gasteiger charge is -2.18. The number of allylic oxidation sites excluding steroid dienone is 1. The molecule has 2 heteroatoms. The minimum atomic E-state index is -0.0753. The number of aliphatic hydroxyl groups is 1. The fourth-order valence-electron chi connectivity index (χ4n) is 1.14. The number of hydrogen-bond acceptors (Lipinski definition) is 2. The molecule has 9 heavy (non-hydrogen) atoms. The van der Waals surface area contributed by atoms with Crippen LogP contribution in [-0.2, 0) is 0 Å². The largest absolute Gasteiger partial charge is 0.405 e. The van der Waals surface area contributed by atoms with Crippen LogP contribution in [0.15, 0.2) is 11.8 Å². The van der Waals surface area contributed by atoms with E-state index in [0.717, 1.165) is 25.7 Å². The Morgan fingerprint density at radius 2 is 2.00 bits per heavy atom. The molecule has 1 saturated carbocycles. The summed E-state index contributed by atoms with van der Waals surface area (Å²) >= 11 is 0. The van der Waals surface area contributed by atoms with Gasteiger partial charge < -0.3 is 10.8 Å². The number of aliphatic hydroxyl groups excluding tert-OH is 1. The Kier molecular flexibility index (Phi) is 2.11. The van der Waals surface area contributed by atoms with Gasteiger partial charge in [-0.2, -0.15) is 0 Å². The maximum Gasteiger partial charge on any atom is 0.0546 e. The monoisotopic (exact) mass is 127 g/mol. The molecule has 0 aromatic carbocycles. The van der Waals surface area contributed by atoms with Gasteiger partial charge in [0.15, 0.2) is 0 Å². The highest BCUT2D eigenvalue weighted by Gasteiger charge is 2.12. The van der Waals surface area contributed by atoms with Gasteiger partial charge in [0.25, 0.3) is 0 Å². The summed E-state index contributed by atoms with van der Waals surface area (Å²) in [6.45, 7) is 0. The second-order valence-corrected chi connectivity index (χ2v) is 2.56. The highest BCUT2D eigenvalue weighted by atomic mass is 16.3. The zero-order chi connectivity index (χ0) is 6.69. The van der Waals surface area contributed by atoms with E-state index in [-0.39, 0.29) is 6.10 Å². The summed E-state index contributed by atoms with van der Waals surface area (Å²) in [5.41, 5.74) is 6.60. The summed E-state index contributed by atoms with van der Waals surface area (Å²) in [6.07, 6.45) is 5.35.